The van der Waals surface area contributed by atoms with Crippen LogP contribution >= 0.6 is 11.8 Å². The van der Waals surface area contributed by atoms with Gasteiger partial charge in [-0.25, -0.2) is 9.97 Å². The Morgan fingerprint density at radius 3 is 2.33 bits per heavy atom. The Kier molecular flexibility index (Phi) is 5.95. The van der Waals surface area contributed by atoms with Crippen LogP contribution in [-0.2, 0) is 4.79 Å². The predicted octanol–water partition coefficient (Wildman–Crippen LogP) is 5.57. The van der Waals surface area contributed by atoms with E-state index in [0.29, 0.717) is 11.0 Å². The second kappa shape index (κ2) is 8.97. The topological polar surface area (TPSA) is 70.7 Å². The van der Waals surface area contributed by atoms with Crippen LogP contribution in [0.5, 0.6) is 0 Å². The van der Waals surface area contributed by atoms with Crippen LogP contribution in [0.4, 0.5) is 5.82 Å². The number of imidazole rings is 1. The van der Waals surface area contributed by atoms with Crippen LogP contribution in [-0.4, -0.2) is 26.1 Å². The smallest absolute Gasteiger partial charge is 0.238 e. The van der Waals surface area contributed by atoms with Crippen LogP contribution in [0.2, 0.25) is 0 Å². The lowest BCUT2D eigenvalue weighted by atomic mass is 10.1. The third kappa shape index (κ3) is 4.60. The number of hydrogen-bond donors (Lipinski definition) is 2. The molecule has 1 atom stereocenters. The van der Waals surface area contributed by atoms with Gasteiger partial charge in [0.2, 0.25) is 5.91 Å². The highest BCUT2D eigenvalue weighted by Crippen LogP contribution is 2.33. The molecular formula is C24H22N4OS. The SMILES string of the molecule is Cc1ccnc(NC(=O)C(C)Sc2nc(-c3ccccc3)c(-c3ccccc3)[nH]2)c1. The van der Waals surface area contributed by atoms with Gasteiger partial charge in [0.05, 0.1) is 16.6 Å². The Morgan fingerprint density at radius 2 is 1.67 bits per heavy atom. The molecular weight excluding hydrogens is 392 g/mol. The molecule has 1 amide bonds. The van der Waals surface area contributed by atoms with E-state index in [1.807, 2.05) is 86.6 Å². The zero-order valence-electron chi connectivity index (χ0n) is 16.8. The van der Waals surface area contributed by atoms with E-state index < -0.39 is 0 Å². The molecule has 30 heavy (non-hydrogen) atoms. The Morgan fingerprint density at radius 1 is 1.00 bits per heavy atom. The van der Waals surface area contributed by atoms with Crippen LogP contribution in [0.3, 0.4) is 0 Å². The summed E-state index contributed by atoms with van der Waals surface area (Å²) >= 11 is 1.39. The summed E-state index contributed by atoms with van der Waals surface area (Å²) in [7, 11) is 0. The molecule has 0 radical (unpaired) electrons. The third-order valence-corrected chi connectivity index (χ3v) is 5.60. The van der Waals surface area contributed by atoms with Gasteiger partial charge in [-0.1, -0.05) is 72.4 Å². The summed E-state index contributed by atoms with van der Waals surface area (Å²) in [6.07, 6.45) is 1.69. The molecule has 2 aromatic heterocycles. The number of thioether (sulfide) groups is 1. The maximum Gasteiger partial charge on any atom is 0.238 e. The molecule has 0 saturated heterocycles. The average molecular weight is 415 g/mol. The summed E-state index contributed by atoms with van der Waals surface area (Å²) in [4.78, 5) is 25.1. The van der Waals surface area contributed by atoms with E-state index in [-0.39, 0.29) is 11.2 Å². The zero-order chi connectivity index (χ0) is 20.9. The van der Waals surface area contributed by atoms with Gasteiger partial charge in [0, 0.05) is 17.3 Å². The summed E-state index contributed by atoms with van der Waals surface area (Å²) in [6, 6.07) is 23.9. The summed E-state index contributed by atoms with van der Waals surface area (Å²) in [5, 5.41) is 3.23. The van der Waals surface area contributed by atoms with Crippen molar-refractivity contribution in [2.24, 2.45) is 0 Å². The van der Waals surface area contributed by atoms with Crippen molar-refractivity contribution in [1.82, 2.24) is 15.0 Å². The van der Waals surface area contributed by atoms with E-state index >= 15 is 0 Å². The number of anilines is 1. The van der Waals surface area contributed by atoms with E-state index in [9.17, 15) is 4.79 Å². The summed E-state index contributed by atoms with van der Waals surface area (Å²) in [5.74, 6) is 0.443. The van der Waals surface area contributed by atoms with Gasteiger partial charge in [-0.2, -0.15) is 0 Å². The van der Waals surface area contributed by atoms with Crippen molar-refractivity contribution in [1.29, 1.82) is 0 Å². The maximum absolute atomic E-state index is 12.6. The number of nitrogens with zero attached hydrogens (tertiary/aromatic N) is 2. The van der Waals surface area contributed by atoms with Crippen LogP contribution < -0.4 is 5.32 Å². The molecule has 150 valence electrons. The van der Waals surface area contributed by atoms with Crippen LogP contribution in [0.1, 0.15) is 12.5 Å². The molecule has 0 spiro atoms. The second-order valence-electron chi connectivity index (χ2n) is 6.97. The molecule has 2 N–H and O–H groups in total. The molecule has 5 nitrogen and oxygen atoms in total. The number of rotatable bonds is 6. The van der Waals surface area contributed by atoms with E-state index in [2.05, 4.69) is 15.3 Å². The largest absolute Gasteiger partial charge is 0.332 e. The van der Waals surface area contributed by atoms with Gasteiger partial charge in [-0.05, 0) is 31.5 Å². The number of amides is 1. The van der Waals surface area contributed by atoms with Crippen LogP contribution in [0.25, 0.3) is 22.5 Å². The number of aryl methyl sites for hydroxylation is 1. The molecule has 4 aromatic rings. The molecule has 2 heterocycles. The van der Waals surface area contributed by atoms with Crippen molar-refractivity contribution in [2.75, 3.05) is 5.32 Å². The summed E-state index contributed by atoms with van der Waals surface area (Å²) in [5.41, 5.74) is 4.94. The van der Waals surface area contributed by atoms with Crippen molar-refractivity contribution < 1.29 is 4.79 Å². The van der Waals surface area contributed by atoms with Crippen molar-refractivity contribution in [3.63, 3.8) is 0 Å². The first-order valence-corrected chi connectivity index (χ1v) is 10.6. The monoisotopic (exact) mass is 414 g/mol. The Balaban J connectivity index is 1.58. The van der Waals surface area contributed by atoms with E-state index in [4.69, 9.17) is 4.98 Å². The second-order valence-corrected chi connectivity index (χ2v) is 8.29. The first kappa shape index (κ1) is 19.9. The first-order chi connectivity index (χ1) is 14.6. The minimum absolute atomic E-state index is 0.114. The van der Waals surface area contributed by atoms with Crippen molar-refractivity contribution in [2.45, 2.75) is 24.3 Å². The predicted molar refractivity (Wildman–Crippen MR) is 122 cm³/mol. The van der Waals surface area contributed by atoms with Gasteiger partial charge < -0.3 is 10.3 Å². The van der Waals surface area contributed by atoms with Gasteiger partial charge in [0.25, 0.3) is 0 Å². The lowest BCUT2D eigenvalue weighted by Gasteiger charge is -2.10. The Hall–Kier alpha value is -3.38. The fraction of sp³-hybridized carbons (Fsp3) is 0.125. The highest BCUT2D eigenvalue weighted by atomic mass is 32.2. The molecule has 0 fully saturated rings. The van der Waals surface area contributed by atoms with Crippen molar-refractivity contribution in [3.8, 4) is 22.5 Å². The van der Waals surface area contributed by atoms with Crippen molar-refractivity contribution >= 4 is 23.5 Å². The Labute approximate surface area is 180 Å². The molecule has 1 unspecified atom stereocenters. The van der Waals surface area contributed by atoms with Gasteiger partial charge in [-0.15, -0.1) is 0 Å². The molecule has 4 rings (SSSR count). The quantitative estimate of drug-likeness (QED) is 0.405. The van der Waals surface area contributed by atoms with Gasteiger partial charge >= 0.3 is 0 Å². The normalized spacial score (nSPS) is 11.8. The highest BCUT2D eigenvalue weighted by Gasteiger charge is 2.20. The maximum atomic E-state index is 12.6. The highest BCUT2D eigenvalue weighted by molar-refractivity contribution is 8.00. The number of aromatic amines is 1. The number of aromatic nitrogens is 3. The number of nitrogens with one attached hydrogen (secondary N) is 2. The number of carbonyl (C=O) groups excluding carboxylic acids is 1. The third-order valence-electron chi connectivity index (χ3n) is 4.62. The van der Waals surface area contributed by atoms with Crippen LogP contribution in [0, 0.1) is 6.92 Å². The van der Waals surface area contributed by atoms with Crippen LogP contribution in [0.15, 0.2) is 84.1 Å². The molecule has 0 aliphatic rings. The number of benzene rings is 2. The lowest BCUT2D eigenvalue weighted by Crippen LogP contribution is -2.23. The van der Waals surface area contributed by atoms with E-state index in [0.717, 1.165) is 28.1 Å². The molecule has 0 aliphatic heterocycles. The number of hydrogen-bond acceptors (Lipinski definition) is 4. The van der Waals surface area contributed by atoms with E-state index in [1.54, 1.807) is 6.20 Å². The van der Waals surface area contributed by atoms with E-state index in [1.165, 1.54) is 11.8 Å². The fourth-order valence-electron chi connectivity index (χ4n) is 3.08. The van der Waals surface area contributed by atoms with Gasteiger partial charge in [0.15, 0.2) is 5.16 Å². The summed E-state index contributed by atoms with van der Waals surface area (Å²) in [6.45, 7) is 3.83. The fourth-order valence-corrected chi connectivity index (χ4v) is 3.89. The number of H-pyrrole nitrogens is 1. The van der Waals surface area contributed by atoms with Gasteiger partial charge in [-0.3, -0.25) is 4.79 Å². The minimum Gasteiger partial charge on any atom is -0.332 e. The van der Waals surface area contributed by atoms with Crippen molar-refractivity contribution in [3.05, 3.63) is 84.6 Å². The number of pyridine rings is 1. The summed E-state index contributed by atoms with van der Waals surface area (Å²) < 4.78 is 0. The minimum atomic E-state index is -0.342. The molecule has 0 saturated carbocycles. The average Bonchev–Trinajstić information content (AvgIpc) is 3.19. The zero-order valence-corrected chi connectivity index (χ0v) is 17.6. The number of carbonyl (C=O) groups is 1. The standard InChI is InChI=1S/C24H22N4OS/c1-16-13-14-25-20(15-16)26-23(29)17(2)30-24-27-21(18-9-5-3-6-10-18)22(28-24)19-11-7-4-8-12-19/h3-15,17H,1-2H3,(H,27,28)(H,25,26,29). The van der Waals surface area contributed by atoms with Gasteiger partial charge in [0.1, 0.15) is 5.82 Å². The lowest BCUT2D eigenvalue weighted by molar-refractivity contribution is -0.115. The molecule has 6 heteroatoms. The molecule has 0 bridgehead atoms. The Bertz CT molecular complexity index is 1090. The first-order valence-electron chi connectivity index (χ1n) is 9.71. The molecule has 2 aromatic carbocycles. The molecule has 0 aliphatic carbocycles.